The average Bonchev–Trinajstić information content (AvgIpc) is 2.47. The van der Waals surface area contributed by atoms with Crippen molar-refractivity contribution in [1.29, 1.82) is 0 Å². The Bertz CT molecular complexity index is 731. The molecular weight excluding hydrogens is 417 g/mol. The monoisotopic (exact) mass is 429 g/mol. The van der Waals surface area contributed by atoms with E-state index in [0.29, 0.717) is 10.8 Å². The van der Waals surface area contributed by atoms with Crippen molar-refractivity contribution in [3.63, 3.8) is 0 Å². The van der Waals surface area contributed by atoms with Gasteiger partial charge < -0.3 is 9.84 Å². The van der Waals surface area contributed by atoms with Crippen molar-refractivity contribution >= 4 is 52.1 Å². The Morgan fingerprint density at radius 1 is 1.36 bits per heavy atom. The van der Waals surface area contributed by atoms with Gasteiger partial charge in [-0.3, -0.25) is 4.99 Å². The molecular formula is C16H13ClINO3. The summed E-state index contributed by atoms with van der Waals surface area (Å²) in [4.78, 5) is 14.9. The second-order valence-corrected chi connectivity index (χ2v) is 6.13. The van der Waals surface area contributed by atoms with E-state index in [0.717, 1.165) is 11.3 Å². The maximum Gasteiger partial charge on any atom is 0.341 e. The van der Waals surface area contributed by atoms with E-state index in [4.69, 9.17) is 21.4 Å². The zero-order valence-electron chi connectivity index (χ0n) is 11.7. The Labute approximate surface area is 146 Å². The van der Waals surface area contributed by atoms with Gasteiger partial charge in [0.25, 0.3) is 0 Å². The standard InChI is InChI=1S/C16H13ClINO3/c1-10-6-12(3-4-14(10)18)19-8-11-2-5-15(13(17)7-11)22-9-16(20)21/h2-8H,9H2,1H3,(H,20,21). The molecule has 4 nitrogen and oxygen atoms in total. The van der Waals surface area contributed by atoms with Gasteiger partial charge in [-0.15, -0.1) is 0 Å². The van der Waals surface area contributed by atoms with Crippen LogP contribution in [0.25, 0.3) is 0 Å². The number of aliphatic imine (C=N–C) groups is 1. The molecule has 2 aromatic rings. The first-order valence-electron chi connectivity index (χ1n) is 6.40. The van der Waals surface area contributed by atoms with Crippen molar-refractivity contribution in [2.24, 2.45) is 4.99 Å². The Balaban J connectivity index is 2.12. The van der Waals surface area contributed by atoms with E-state index < -0.39 is 12.6 Å². The molecule has 6 heteroatoms. The van der Waals surface area contributed by atoms with Gasteiger partial charge in [0.05, 0.1) is 10.7 Å². The predicted molar refractivity (Wildman–Crippen MR) is 95.7 cm³/mol. The third-order valence-electron chi connectivity index (χ3n) is 2.81. The minimum atomic E-state index is -1.05. The zero-order valence-corrected chi connectivity index (χ0v) is 14.6. The van der Waals surface area contributed by atoms with Crippen molar-refractivity contribution in [3.05, 3.63) is 56.1 Å². The van der Waals surface area contributed by atoms with E-state index in [1.165, 1.54) is 9.13 Å². The summed E-state index contributed by atoms with van der Waals surface area (Å²) in [6.07, 6.45) is 1.70. The van der Waals surface area contributed by atoms with Gasteiger partial charge in [-0.1, -0.05) is 11.6 Å². The van der Waals surface area contributed by atoms with Crippen molar-refractivity contribution in [2.45, 2.75) is 6.92 Å². The van der Waals surface area contributed by atoms with Crippen LogP contribution in [0.4, 0.5) is 5.69 Å². The minimum Gasteiger partial charge on any atom is -0.480 e. The van der Waals surface area contributed by atoms with Crippen LogP contribution in [0.1, 0.15) is 11.1 Å². The summed E-state index contributed by atoms with van der Waals surface area (Å²) >= 11 is 8.34. The molecule has 1 N–H and O–H groups in total. The van der Waals surface area contributed by atoms with Crippen LogP contribution in [0.3, 0.4) is 0 Å². The van der Waals surface area contributed by atoms with E-state index in [1.54, 1.807) is 24.4 Å². The molecule has 0 bridgehead atoms. The van der Waals surface area contributed by atoms with Crippen LogP contribution < -0.4 is 4.74 Å². The summed E-state index contributed by atoms with van der Waals surface area (Å²) in [6.45, 7) is 1.61. The van der Waals surface area contributed by atoms with E-state index in [1.807, 2.05) is 25.1 Å². The molecule has 22 heavy (non-hydrogen) atoms. The summed E-state index contributed by atoms with van der Waals surface area (Å²) in [7, 11) is 0. The van der Waals surface area contributed by atoms with Crippen LogP contribution in [0.2, 0.25) is 5.02 Å². The van der Waals surface area contributed by atoms with Crippen molar-refractivity contribution in [3.8, 4) is 5.75 Å². The Kier molecular flexibility index (Phi) is 5.79. The molecule has 2 rings (SSSR count). The third-order valence-corrected chi connectivity index (χ3v) is 4.32. The molecule has 0 saturated heterocycles. The number of hydrogen-bond donors (Lipinski definition) is 1. The average molecular weight is 430 g/mol. The number of hydrogen-bond acceptors (Lipinski definition) is 3. The molecule has 2 aromatic carbocycles. The lowest BCUT2D eigenvalue weighted by atomic mass is 10.2. The normalized spacial score (nSPS) is 10.9. The molecule has 114 valence electrons. The zero-order chi connectivity index (χ0) is 16.1. The number of ether oxygens (including phenoxy) is 1. The largest absolute Gasteiger partial charge is 0.480 e. The quantitative estimate of drug-likeness (QED) is 0.564. The minimum absolute atomic E-state index is 0.339. The number of halogens is 2. The number of carboxylic acid groups (broad SMARTS) is 1. The number of carbonyl (C=O) groups is 1. The fraction of sp³-hybridized carbons (Fsp3) is 0.125. The van der Waals surface area contributed by atoms with Gasteiger partial charge >= 0.3 is 5.97 Å². The fourth-order valence-corrected chi connectivity index (χ4v) is 2.29. The molecule has 0 aromatic heterocycles. The fourth-order valence-electron chi connectivity index (χ4n) is 1.71. The molecule has 0 spiro atoms. The second kappa shape index (κ2) is 7.60. The molecule has 0 amide bonds. The van der Waals surface area contributed by atoms with Gasteiger partial charge in [0.2, 0.25) is 0 Å². The smallest absolute Gasteiger partial charge is 0.341 e. The molecule has 0 aliphatic carbocycles. The summed E-state index contributed by atoms with van der Waals surface area (Å²) in [6, 6.07) is 11.0. The van der Waals surface area contributed by atoms with Gasteiger partial charge in [0, 0.05) is 9.78 Å². The lowest BCUT2D eigenvalue weighted by Gasteiger charge is -2.06. The summed E-state index contributed by atoms with van der Waals surface area (Å²) < 4.78 is 6.26. The molecule has 0 saturated carbocycles. The highest BCUT2D eigenvalue weighted by molar-refractivity contribution is 14.1. The SMILES string of the molecule is Cc1cc(N=Cc2ccc(OCC(=O)O)c(Cl)c2)ccc1I. The molecule has 0 aliphatic heterocycles. The highest BCUT2D eigenvalue weighted by atomic mass is 127. The topological polar surface area (TPSA) is 58.9 Å². The number of rotatable bonds is 5. The van der Waals surface area contributed by atoms with Gasteiger partial charge in [0.1, 0.15) is 5.75 Å². The van der Waals surface area contributed by atoms with Crippen LogP contribution in [-0.4, -0.2) is 23.9 Å². The third kappa shape index (κ3) is 4.71. The molecule has 0 aliphatic rings. The molecule has 0 atom stereocenters. The van der Waals surface area contributed by atoms with Crippen molar-refractivity contribution in [1.82, 2.24) is 0 Å². The van der Waals surface area contributed by atoms with Gasteiger partial charge in [-0.05, 0) is 77.0 Å². The number of aliphatic carboxylic acids is 1. The van der Waals surface area contributed by atoms with Crippen LogP contribution >= 0.6 is 34.2 Å². The van der Waals surface area contributed by atoms with E-state index in [9.17, 15) is 4.79 Å². The number of carboxylic acids is 1. The van der Waals surface area contributed by atoms with Gasteiger partial charge in [-0.25, -0.2) is 4.79 Å². The van der Waals surface area contributed by atoms with Crippen molar-refractivity contribution in [2.75, 3.05) is 6.61 Å². The Morgan fingerprint density at radius 2 is 2.14 bits per heavy atom. The van der Waals surface area contributed by atoms with Crippen LogP contribution in [-0.2, 0) is 4.79 Å². The molecule has 0 fully saturated rings. The molecule has 0 unspecified atom stereocenters. The van der Waals surface area contributed by atoms with E-state index >= 15 is 0 Å². The summed E-state index contributed by atoms with van der Waals surface area (Å²) in [5.74, 6) is -0.706. The van der Waals surface area contributed by atoms with Crippen LogP contribution in [0, 0.1) is 10.5 Å². The highest BCUT2D eigenvalue weighted by Gasteiger charge is 2.05. The van der Waals surface area contributed by atoms with Gasteiger partial charge in [-0.2, -0.15) is 0 Å². The first kappa shape index (κ1) is 16.8. The van der Waals surface area contributed by atoms with Gasteiger partial charge in [0.15, 0.2) is 6.61 Å². The van der Waals surface area contributed by atoms with E-state index in [2.05, 4.69) is 27.6 Å². The second-order valence-electron chi connectivity index (χ2n) is 4.56. The van der Waals surface area contributed by atoms with E-state index in [-0.39, 0.29) is 0 Å². The maximum atomic E-state index is 10.5. The van der Waals surface area contributed by atoms with Crippen LogP contribution in [0.15, 0.2) is 41.4 Å². The lowest BCUT2D eigenvalue weighted by molar-refractivity contribution is -0.139. The first-order chi connectivity index (χ1) is 10.5. The number of nitrogens with zero attached hydrogens (tertiary/aromatic N) is 1. The predicted octanol–water partition coefficient (Wildman–Crippen LogP) is 4.47. The summed E-state index contributed by atoms with van der Waals surface area (Å²) in [5, 5.41) is 8.93. The first-order valence-corrected chi connectivity index (χ1v) is 7.86. The maximum absolute atomic E-state index is 10.5. The van der Waals surface area contributed by atoms with Crippen molar-refractivity contribution < 1.29 is 14.6 Å². The van der Waals surface area contributed by atoms with Crippen LogP contribution in [0.5, 0.6) is 5.75 Å². The number of benzene rings is 2. The number of aryl methyl sites for hydroxylation is 1. The molecule has 0 heterocycles. The Hall–Kier alpha value is -1.60. The highest BCUT2D eigenvalue weighted by Crippen LogP contribution is 2.25. The molecule has 0 radical (unpaired) electrons. The lowest BCUT2D eigenvalue weighted by Crippen LogP contribution is -2.09. The Morgan fingerprint density at radius 3 is 2.77 bits per heavy atom. The summed E-state index contributed by atoms with van der Waals surface area (Å²) in [5.41, 5.74) is 2.84.